The normalized spacial score (nSPS) is 15.2. The predicted octanol–water partition coefficient (Wildman–Crippen LogP) is 4.46. The second-order valence-electron chi connectivity index (χ2n) is 8.80. The van der Waals surface area contributed by atoms with Crippen molar-refractivity contribution in [1.29, 1.82) is 0 Å². The lowest BCUT2D eigenvalue weighted by atomic mass is 10.1. The fraction of sp³-hybridized carbons (Fsp3) is 0.391. The average Bonchev–Trinajstić information content (AvgIpc) is 3.18. The fourth-order valence-electron chi connectivity index (χ4n) is 3.72. The molecule has 0 saturated carbocycles. The predicted molar refractivity (Wildman–Crippen MR) is 119 cm³/mol. The molecular formula is C23H26N4O5. The van der Waals surface area contributed by atoms with Crippen LogP contribution in [0.2, 0.25) is 0 Å². The summed E-state index contributed by atoms with van der Waals surface area (Å²) >= 11 is 0. The van der Waals surface area contributed by atoms with Crippen LogP contribution in [-0.2, 0) is 11.3 Å². The van der Waals surface area contributed by atoms with Gasteiger partial charge in [-0.25, -0.2) is 9.78 Å². The molecule has 0 atom stereocenters. The van der Waals surface area contributed by atoms with Crippen LogP contribution in [0.25, 0.3) is 22.6 Å². The zero-order chi connectivity index (χ0) is 22.9. The highest BCUT2D eigenvalue weighted by Gasteiger charge is 2.26. The van der Waals surface area contributed by atoms with E-state index in [1.165, 1.54) is 6.07 Å². The third-order valence-electron chi connectivity index (χ3n) is 5.25. The Morgan fingerprint density at radius 1 is 1.12 bits per heavy atom. The molecule has 168 valence electrons. The van der Waals surface area contributed by atoms with Crippen molar-refractivity contribution in [2.45, 2.75) is 32.9 Å². The highest BCUT2D eigenvalue weighted by molar-refractivity contribution is 5.81. The first-order valence-electron chi connectivity index (χ1n) is 10.5. The van der Waals surface area contributed by atoms with Crippen LogP contribution in [0.4, 0.5) is 10.5 Å². The van der Waals surface area contributed by atoms with Crippen molar-refractivity contribution in [2.75, 3.05) is 26.2 Å². The Morgan fingerprint density at radius 3 is 2.53 bits per heavy atom. The van der Waals surface area contributed by atoms with Gasteiger partial charge in [0.1, 0.15) is 16.7 Å². The Labute approximate surface area is 185 Å². The second-order valence-corrected chi connectivity index (χ2v) is 8.80. The molecule has 1 amide bonds. The van der Waals surface area contributed by atoms with E-state index in [0.29, 0.717) is 49.4 Å². The van der Waals surface area contributed by atoms with Crippen LogP contribution in [0.1, 0.15) is 26.3 Å². The lowest BCUT2D eigenvalue weighted by Crippen LogP contribution is -2.49. The summed E-state index contributed by atoms with van der Waals surface area (Å²) in [6.07, 6.45) is -0.287. The standard InChI is InChI=1S/C23H26N4O5/c1-23(2,3)32-22(28)26-13-11-25(12-14-26)15-16-7-6-10-19-20(16)24-21(31-19)17-8-4-5-9-18(17)27(29)30/h4-10H,11-15H2,1-3H3. The largest absolute Gasteiger partial charge is 0.444 e. The Kier molecular flexibility index (Phi) is 5.84. The maximum Gasteiger partial charge on any atom is 0.410 e. The number of ether oxygens (including phenoxy) is 1. The molecule has 0 spiro atoms. The van der Waals surface area contributed by atoms with E-state index in [4.69, 9.17) is 9.15 Å². The summed E-state index contributed by atoms with van der Waals surface area (Å²) in [7, 11) is 0. The summed E-state index contributed by atoms with van der Waals surface area (Å²) in [5.74, 6) is 0.231. The Morgan fingerprint density at radius 2 is 1.84 bits per heavy atom. The Balaban J connectivity index is 1.50. The van der Waals surface area contributed by atoms with E-state index >= 15 is 0 Å². The lowest BCUT2D eigenvalue weighted by Gasteiger charge is -2.35. The van der Waals surface area contributed by atoms with Crippen molar-refractivity contribution >= 4 is 22.9 Å². The summed E-state index contributed by atoms with van der Waals surface area (Å²) in [6.45, 7) is 8.82. The van der Waals surface area contributed by atoms with Gasteiger partial charge in [-0.3, -0.25) is 15.0 Å². The van der Waals surface area contributed by atoms with Crippen LogP contribution in [0.15, 0.2) is 46.9 Å². The number of benzene rings is 2. The van der Waals surface area contributed by atoms with E-state index in [0.717, 1.165) is 5.56 Å². The minimum Gasteiger partial charge on any atom is -0.444 e. The summed E-state index contributed by atoms with van der Waals surface area (Å²) < 4.78 is 11.3. The molecule has 9 heteroatoms. The first-order valence-corrected chi connectivity index (χ1v) is 10.5. The molecule has 1 aromatic heterocycles. The van der Waals surface area contributed by atoms with Crippen LogP contribution in [0.3, 0.4) is 0 Å². The summed E-state index contributed by atoms with van der Waals surface area (Å²) in [4.78, 5) is 31.8. The maximum absolute atomic E-state index is 12.3. The minimum absolute atomic E-state index is 0.0427. The molecule has 1 aliphatic rings. The lowest BCUT2D eigenvalue weighted by molar-refractivity contribution is -0.384. The van der Waals surface area contributed by atoms with Crippen LogP contribution in [0.5, 0.6) is 0 Å². The summed E-state index contributed by atoms with van der Waals surface area (Å²) in [6, 6.07) is 12.1. The molecule has 1 saturated heterocycles. The van der Waals surface area contributed by atoms with Crippen molar-refractivity contribution in [3.05, 3.63) is 58.1 Å². The second kappa shape index (κ2) is 8.58. The van der Waals surface area contributed by atoms with Gasteiger partial charge >= 0.3 is 6.09 Å². The molecule has 9 nitrogen and oxygen atoms in total. The third kappa shape index (κ3) is 4.72. The molecule has 1 fully saturated rings. The van der Waals surface area contributed by atoms with Gasteiger partial charge in [-0.2, -0.15) is 0 Å². The quantitative estimate of drug-likeness (QED) is 0.438. The van der Waals surface area contributed by atoms with Crippen molar-refractivity contribution in [3.8, 4) is 11.5 Å². The minimum atomic E-state index is -0.512. The maximum atomic E-state index is 12.3. The highest BCUT2D eigenvalue weighted by atomic mass is 16.6. The van der Waals surface area contributed by atoms with E-state index in [2.05, 4.69) is 9.88 Å². The number of para-hydroxylation sites is 2. The molecule has 0 radical (unpaired) electrons. The van der Waals surface area contributed by atoms with E-state index in [1.54, 1.807) is 23.1 Å². The average molecular weight is 438 g/mol. The van der Waals surface area contributed by atoms with E-state index < -0.39 is 10.5 Å². The van der Waals surface area contributed by atoms with Crippen LogP contribution in [0, 0.1) is 10.1 Å². The van der Waals surface area contributed by atoms with Crippen LogP contribution < -0.4 is 0 Å². The molecule has 0 bridgehead atoms. The number of rotatable bonds is 4. The summed E-state index contributed by atoms with van der Waals surface area (Å²) in [5, 5.41) is 11.4. The van der Waals surface area contributed by atoms with Crippen LogP contribution in [-0.4, -0.2) is 57.6 Å². The number of oxazole rings is 1. The van der Waals surface area contributed by atoms with Gasteiger partial charge in [-0.15, -0.1) is 0 Å². The van der Waals surface area contributed by atoms with E-state index in [1.807, 2.05) is 39.0 Å². The van der Waals surface area contributed by atoms with Crippen LogP contribution >= 0.6 is 0 Å². The van der Waals surface area contributed by atoms with Crippen molar-refractivity contribution in [2.24, 2.45) is 0 Å². The zero-order valence-corrected chi connectivity index (χ0v) is 18.4. The van der Waals surface area contributed by atoms with Crippen molar-refractivity contribution in [3.63, 3.8) is 0 Å². The number of fused-ring (bicyclic) bond motifs is 1. The Bertz CT molecular complexity index is 1140. The monoisotopic (exact) mass is 438 g/mol. The van der Waals surface area contributed by atoms with Gasteiger partial charge in [0, 0.05) is 38.8 Å². The Hall–Kier alpha value is -3.46. The van der Waals surface area contributed by atoms with Gasteiger partial charge in [0.05, 0.1) is 4.92 Å². The van der Waals surface area contributed by atoms with Gasteiger partial charge in [0.25, 0.3) is 5.69 Å². The smallest absolute Gasteiger partial charge is 0.410 e. The SMILES string of the molecule is CC(C)(C)OC(=O)N1CCN(Cc2cccc3oc(-c4ccccc4[N+](=O)[O-])nc23)CC1. The third-order valence-corrected chi connectivity index (χ3v) is 5.25. The molecule has 3 aromatic rings. The molecule has 2 aromatic carbocycles. The van der Waals surface area contributed by atoms with Crippen molar-refractivity contribution in [1.82, 2.24) is 14.8 Å². The first kappa shape index (κ1) is 21.8. The van der Waals surface area contributed by atoms with E-state index in [9.17, 15) is 14.9 Å². The molecule has 32 heavy (non-hydrogen) atoms. The number of nitro benzene ring substituents is 1. The van der Waals surface area contributed by atoms with Gasteiger partial charge in [0.2, 0.25) is 5.89 Å². The molecule has 1 aliphatic heterocycles. The van der Waals surface area contributed by atoms with Gasteiger partial charge in [0.15, 0.2) is 5.58 Å². The highest BCUT2D eigenvalue weighted by Crippen LogP contribution is 2.32. The topological polar surface area (TPSA) is 102 Å². The van der Waals surface area contributed by atoms with Gasteiger partial charge in [-0.1, -0.05) is 24.3 Å². The molecule has 2 heterocycles. The van der Waals surface area contributed by atoms with E-state index in [-0.39, 0.29) is 17.7 Å². The fourth-order valence-corrected chi connectivity index (χ4v) is 3.72. The number of piperazine rings is 1. The number of hydrogen-bond acceptors (Lipinski definition) is 7. The molecule has 4 rings (SSSR count). The number of aromatic nitrogens is 1. The first-order chi connectivity index (χ1) is 15.2. The summed E-state index contributed by atoms with van der Waals surface area (Å²) in [5.41, 5.74) is 2.05. The molecule has 0 aliphatic carbocycles. The number of nitrogens with zero attached hydrogens (tertiary/aromatic N) is 4. The van der Waals surface area contributed by atoms with Crippen molar-refractivity contribution < 1.29 is 18.9 Å². The van der Waals surface area contributed by atoms with Gasteiger partial charge < -0.3 is 14.1 Å². The number of carbonyl (C=O) groups excluding carboxylic acids is 1. The molecule has 0 unspecified atom stereocenters. The van der Waals surface area contributed by atoms with Gasteiger partial charge in [-0.05, 0) is 38.5 Å². The number of hydrogen-bond donors (Lipinski definition) is 0. The molecular weight excluding hydrogens is 412 g/mol. The zero-order valence-electron chi connectivity index (χ0n) is 18.4. The number of amides is 1. The molecule has 0 N–H and O–H groups in total. The number of nitro groups is 1. The number of carbonyl (C=O) groups is 1.